The van der Waals surface area contributed by atoms with E-state index in [-0.39, 0.29) is 18.4 Å². The molecule has 1 atom stereocenters. The molecule has 176 valence electrons. The van der Waals surface area contributed by atoms with Crippen molar-refractivity contribution in [3.8, 4) is 11.1 Å². The van der Waals surface area contributed by atoms with Crippen LogP contribution in [0.2, 0.25) is 0 Å². The number of rotatable bonds is 5. The second kappa shape index (κ2) is 8.78. The third-order valence-electron chi connectivity index (χ3n) is 5.57. The van der Waals surface area contributed by atoms with Crippen molar-refractivity contribution in [1.29, 1.82) is 0 Å². The first-order chi connectivity index (χ1) is 16.0. The SMILES string of the molecule is Cc1noc(C)c1-c1ccc([C@H](CN2C(=O)c3ccccc3C2=O)NC(=O)OC(C)(C)C)cc1. The van der Waals surface area contributed by atoms with Gasteiger partial charge in [-0.15, -0.1) is 0 Å². The molecule has 0 aliphatic carbocycles. The Morgan fingerprint density at radius 3 is 2.12 bits per heavy atom. The second-order valence-corrected chi connectivity index (χ2v) is 9.29. The number of benzene rings is 2. The lowest BCUT2D eigenvalue weighted by Crippen LogP contribution is -2.42. The van der Waals surface area contributed by atoms with Crippen LogP contribution in [-0.2, 0) is 4.74 Å². The minimum absolute atomic E-state index is 0.0315. The zero-order chi connectivity index (χ0) is 24.6. The predicted molar refractivity (Wildman–Crippen MR) is 125 cm³/mol. The van der Waals surface area contributed by atoms with E-state index < -0.39 is 17.7 Å². The van der Waals surface area contributed by atoms with E-state index in [1.54, 1.807) is 45.0 Å². The lowest BCUT2D eigenvalue weighted by Gasteiger charge is -2.26. The van der Waals surface area contributed by atoms with E-state index in [1.807, 2.05) is 38.1 Å². The fourth-order valence-electron chi connectivity index (χ4n) is 4.05. The van der Waals surface area contributed by atoms with E-state index in [1.165, 1.54) is 0 Å². The largest absolute Gasteiger partial charge is 0.444 e. The van der Waals surface area contributed by atoms with Crippen LogP contribution in [0.1, 0.15) is 64.5 Å². The molecule has 1 N–H and O–H groups in total. The molecular formula is C26H27N3O5. The normalized spacial score (nSPS) is 14.2. The smallest absolute Gasteiger partial charge is 0.408 e. The number of aromatic nitrogens is 1. The van der Waals surface area contributed by atoms with Gasteiger partial charge in [-0.1, -0.05) is 41.6 Å². The number of nitrogens with zero attached hydrogens (tertiary/aromatic N) is 2. The number of nitrogens with one attached hydrogen (secondary N) is 1. The van der Waals surface area contributed by atoms with E-state index >= 15 is 0 Å². The predicted octanol–water partition coefficient (Wildman–Crippen LogP) is 4.82. The number of carbonyl (C=O) groups is 3. The average Bonchev–Trinajstić information content (AvgIpc) is 3.23. The summed E-state index contributed by atoms with van der Waals surface area (Å²) in [7, 11) is 0. The van der Waals surface area contributed by atoms with Gasteiger partial charge >= 0.3 is 6.09 Å². The van der Waals surface area contributed by atoms with E-state index in [2.05, 4.69) is 10.5 Å². The molecule has 0 radical (unpaired) electrons. The van der Waals surface area contributed by atoms with Crippen LogP contribution in [0.3, 0.4) is 0 Å². The van der Waals surface area contributed by atoms with Crippen LogP contribution in [0.5, 0.6) is 0 Å². The fraction of sp³-hybridized carbons (Fsp3) is 0.308. The molecule has 34 heavy (non-hydrogen) atoms. The maximum absolute atomic E-state index is 12.9. The standard InChI is InChI=1S/C26H27N3O5/c1-15-22(16(2)34-28-15)18-12-10-17(11-13-18)21(27-25(32)33-26(3,4)5)14-29-23(30)19-8-6-7-9-20(19)24(29)31/h6-13,21H,14H2,1-5H3,(H,27,32)/t21-/m0/s1. The van der Waals surface area contributed by atoms with Gasteiger partial charge in [0.05, 0.1) is 29.4 Å². The van der Waals surface area contributed by atoms with Crippen LogP contribution >= 0.6 is 0 Å². The summed E-state index contributed by atoms with van der Waals surface area (Å²) in [4.78, 5) is 39.6. The molecule has 3 aromatic rings. The Balaban J connectivity index is 1.63. The summed E-state index contributed by atoms with van der Waals surface area (Å²) in [5, 5.41) is 6.82. The highest BCUT2D eigenvalue weighted by atomic mass is 16.6. The van der Waals surface area contributed by atoms with Crippen molar-refractivity contribution in [2.75, 3.05) is 6.54 Å². The molecule has 2 aromatic carbocycles. The molecule has 0 spiro atoms. The Bertz CT molecular complexity index is 1200. The maximum atomic E-state index is 12.9. The number of ether oxygens (including phenoxy) is 1. The second-order valence-electron chi connectivity index (χ2n) is 9.29. The monoisotopic (exact) mass is 461 g/mol. The highest BCUT2D eigenvalue weighted by Crippen LogP contribution is 2.30. The number of hydrogen-bond acceptors (Lipinski definition) is 6. The van der Waals surface area contributed by atoms with E-state index in [0.29, 0.717) is 16.9 Å². The Hall–Kier alpha value is -3.94. The number of fused-ring (bicyclic) bond motifs is 1. The topological polar surface area (TPSA) is 102 Å². The van der Waals surface area contributed by atoms with Crippen molar-refractivity contribution in [2.45, 2.75) is 46.3 Å². The molecule has 2 heterocycles. The van der Waals surface area contributed by atoms with Gasteiger partial charge in [0.1, 0.15) is 11.4 Å². The minimum atomic E-state index is -0.697. The Kier molecular flexibility index (Phi) is 6.00. The van der Waals surface area contributed by atoms with Crippen LogP contribution in [-0.4, -0.2) is 40.1 Å². The molecule has 0 saturated carbocycles. The zero-order valence-corrected chi connectivity index (χ0v) is 19.8. The zero-order valence-electron chi connectivity index (χ0n) is 19.8. The van der Waals surface area contributed by atoms with Gasteiger partial charge in [-0.05, 0) is 57.9 Å². The molecule has 1 aliphatic rings. The van der Waals surface area contributed by atoms with Gasteiger partial charge in [-0.2, -0.15) is 0 Å². The summed E-state index contributed by atoms with van der Waals surface area (Å²) < 4.78 is 10.7. The summed E-state index contributed by atoms with van der Waals surface area (Å²) in [6, 6.07) is 13.5. The van der Waals surface area contributed by atoms with Crippen LogP contribution in [0, 0.1) is 13.8 Å². The van der Waals surface area contributed by atoms with E-state index in [0.717, 1.165) is 27.3 Å². The summed E-state index contributed by atoms with van der Waals surface area (Å²) in [6.45, 7) is 8.99. The number of carbonyl (C=O) groups excluding carboxylic acids is 3. The molecule has 0 bridgehead atoms. The first-order valence-electron chi connectivity index (χ1n) is 11.0. The maximum Gasteiger partial charge on any atom is 0.408 e. The quantitative estimate of drug-likeness (QED) is 0.547. The molecule has 1 aliphatic heterocycles. The third kappa shape index (κ3) is 4.57. The number of imide groups is 1. The Morgan fingerprint density at radius 1 is 1.03 bits per heavy atom. The Labute approximate surface area is 197 Å². The summed E-state index contributed by atoms with van der Waals surface area (Å²) in [6.07, 6.45) is -0.635. The molecule has 0 fully saturated rings. The summed E-state index contributed by atoms with van der Waals surface area (Å²) in [5.41, 5.74) is 3.34. The van der Waals surface area contributed by atoms with Crippen molar-refractivity contribution in [3.63, 3.8) is 0 Å². The highest BCUT2D eigenvalue weighted by Gasteiger charge is 2.37. The first-order valence-corrected chi connectivity index (χ1v) is 11.0. The van der Waals surface area contributed by atoms with Crippen molar-refractivity contribution < 1.29 is 23.6 Å². The van der Waals surface area contributed by atoms with Crippen LogP contribution < -0.4 is 5.32 Å². The molecule has 1 aromatic heterocycles. The van der Waals surface area contributed by atoms with Gasteiger partial charge < -0.3 is 14.6 Å². The lowest BCUT2D eigenvalue weighted by molar-refractivity contribution is 0.0467. The van der Waals surface area contributed by atoms with Gasteiger partial charge in [0.2, 0.25) is 0 Å². The van der Waals surface area contributed by atoms with Crippen molar-refractivity contribution in [1.82, 2.24) is 15.4 Å². The number of hydrogen-bond donors (Lipinski definition) is 1. The molecular weight excluding hydrogens is 434 g/mol. The van der Waals surface area contributed by atoms with Gasteiger partial charge in [0.25, 0.3) is 11.8 Å². The summed E-state index contributed by atoms with van der Waals surface area (Å²) >= 11 is 0. The van der Waals surface area contributed by atoms with Gasteiger partial charge in [-0.3, -0.25) is 14.5 Å². The molecule has 8 nitrogen and oxygen atoms in total. The molecule has 8 heteroatoms. The lowest BCUT2D eigenvalue weighted by atomic mass is 9.99. The average molecular weight is 462 g/mol. The van der Waals surface area contributed by atoms with Crippen molar-refractivity contribution in [3.05, 3.63) is 76.7 Å². The van der Waals surface area contributed by atoms with E-state index in [9.17, 15) is 14.4 Å². The van der Waals surface area contributed by atoms with Crippen LogP contribution in [0.4, 0.5) is 4.79 Å². The van der Waals surface area contributed by atoms with Gasteiger partial charge in [0.15, 0.2) is 0 Å². The molecule has 4 rings (SSSR count). The number of alkyl carbamates (subject to hydrolysis) is 1. The molecule has 3 amide bonds. The van der Waals surface area contributed by atoms with E-state index in [4.69, 9.17) is 9.26 Å². The fourth-order valence-corrected chi connectivity index (χ4v) is 4.05. The Morgan fingerprint density at radius 2 is 1.62 bits per heavy atom. The number of aryl methyl sites for hydroxylation is 2. The summed E-state index contributed by atoms with van der Waals surface area (Å²) in [5.74, 6) is -0.0624. The van der Waals surface area contributed by atoms with Gasteiger partial charge in [-0.25, -0.2) is 4.79 Å². The van der Waals surface area contributed by atoms with Gasteiger partial charge in [0, 0.05) is 5.56 Å². The third-order valence-corrected chi connectivity index (χ3v) is 5.57. The van der Waals surface area contributed by atoms with Crippen LogP contribution in [0.15, 0.2) is 53.1 Å². The van der Waals surface area contributed by atoms with Crippen molar-refractivity contribution >= 4 is 17.9 Å². The number of amides is 3. The first kappa shape index (κ1) is 23.2. The molecule has 0 unspecified atom stereocenters. The van der Waals surface area contributed by atoms with Crippen molar-refractivity contribution in [2.24, 2.45) is 0 Å². The highest BCUT2D eigenvalue weighted by molar-refractivity contribution is 6.21. The minimum Gasteiger partial charge on any atom is -0.444 e. The molecule has 0 saturated heterocycles. The van der Waals surface area contributed by atoms with Crippen LogP contribution in [0.25, 0.3) is 11.1 Å².